The van der Waals surface area contributed by atoms with Crippen LogP contribution >= 0.6 is 11.3 Å². The van der Waals surface area contributed by atoms with Gasteiger partial charge in [-0.1, -0.05) is 42.5 Å². The van der Waals surface area contributed by atoms with Gasteiger partial charge in [0.05, 0.1) is 0 Å². The maximum atomic E-state index is 4.01. The van der Waals surface area contributed by atoms with E-state index >= 15 is 0 Å². The second-order valence-corrected chi connectivity index (χ2v) is 6.47. The van der Waals surface area contributed by atoms with Crippen LogP contribution in [0.4, 0.5) is 5.69 Å². The van der Waals surface area contributed by atoms with Gasteiger partial charge in [0.1, 0.15) is 0 Å². The van der Waals surface area contributed by atoms with Crippen molar-refractivity contribution >= 4 is 17.0 Å². The van der Waals surface area contributed by atoms with Crippen LogP contribution in [0, 0.1) is 0 Å². The molecule has 0 radical (unpaired) electrons. The summed E-state index contributed by atoms with van der Waals surface area (Å²) >= 11 is 1.80. The quantitative estimate of drug-likeness (QED) is 0.574. The topological polar surface area (TPSA) is 66.5 Å². The number of thiophene rings is 1. The average Bonchev–Trinajstić information content (AvgIpc) is 3.33. The molecule has 2 aromatic heterocycles. The van der Waals surface area contributed by atoms with Crippen molar-refractivity contribution in [3.8, 4) is 21.8 Å². The maximum Gasteiger partial charge on any atom is 0.204 e. The van der Waals surface area contributed by atoms with Crippen molar-refractivity contribution in [2.75, 3.05) is 5.32 Å². The lowest BCUT2D eigenvalue weighted by atomic mass is 10.2. The molecule has 0 unspecified atom stereocenters. The van der Waals surface area contributed by atoms with Crippen molar-refractivity contribution < 1.29 is 0 Å². The zero-order valence-corrected chi connectivity index (χ0v) is 13.6. The third-order valence-electron chi connectivity index (χ3n) is 3.65. The van der Waals surface area contributed by atoms with Crippen molar-refractivity contribution in [2.24, 2.45) is 0 Å². The number of rotatable bonds is 5. The summed E-state index contributed by atoms with van der Waals surface area (Å²) < 4.78 is 0. The van der Waals surface area contributed by atoms with Crippen LogP contribution in [-0.2, 0) is 6.54 Å². The monoisotopic (exact) mass is 333 g/mol. The third kappa shape index (κ3) is 3.18. The minimum absolute atomic E-state index is 0.598. The van der Waals surface area contributed by atoms with E-state index in [9.17, 15) is 0 Å². The van der Waals surface area contributed by atoms with Gasteiger partial charge in [-0.2, -0.15) is 5.21 Å². The normalized spacial score (nSPS) is 10.7. The zero-order chi connectivity index (χ0) is 16.2. The number of nitrogens with one attached hydrogen (secondary N) is 2. The Bertz CT molecular complexity index is 916. The summed E-state index contributed by atoms with van der Waals surface area (Å²) in [6.45, 7) is 0.785. The Morgan fingerprint density at radius 3 is 2.62 bits per heavy atom. The van der Waals surface area contributed by atoms with Crippen LogP contribution < -0.4 is 5.32 Å². The molecule has 5 nitrogen and oxygen atoms in total. The smallest absolute Gasteiger partial charge is 0.204 e. The van der Waals surface area contributed by atoms with Gasteiger partial charge in [0.25, 0.3) is 0 Å². The molecule has 0 atom stereocenters. The molecule has 0 aliphatic carbocycles. The van der Waals surface area contributed by atoms with Gasteiger partial charge in [0.2, 0.25) is 5.82 Å². The fourth-order valence-corrected chi connectivity index (χ4v) is 3.42. The molecule has 4 aromatic rings. The first-order chi connectivity index (χ1) is 11.9. The highest BCUT2D eigenvalue weighted by molar-refractivity contribution is 7.15. The van der Waals surface area contributed by atoms with Gasteiger partial charge in [-0.3, -0.25) is 0 Å². The Balaban J connectivity index is 1.46. The number of hydrogen-bond acceptors (Lipinski definition) is 5. The predicted octanol–water partition coefficient (Wildman–Crippen LogP) is 4.21. The molecule has 0 amide bonds. The van der Waals surface area contributed by atoms with Gasteiger partial charge < -0.3 is 5.32 Å². The summed E-state index contributed by atoms with van der Waals surface area (Å²) in [6.07, 6.45) is 0. The Hall–Kier alpha value is -2.99. The number of nitrogens with zero attached hydrogens (tertiary/aromatic N) is 3. The summed E-state index contributed by atoms with van der Waals surface area (Å²) in [5.41, 5.74) is 3.23. The standard InChI is InChI=1S/C18H15N5S/c1-2-5-13(6-3-1)17-10-9-16(24-17)12-19-15-8-4-7-14(11-15)18-20-22-23-21-18/h1-11,19H,12H2,(H,20,21,22,23). The zero-order valence-electron chi connectivity index (χ0n) is 12.8. The summed E-state index contributed by atoms with van der Waals surface area (Å²) in [5.74, 6) is 0.598. The fourth-order valence-electron chi connectivity index (χ4n) is 2.47. The van der Waals surface area contributed by atoms with Crippen LogP contribution in [0.25, 0.3) is 21.8 Å². The molecule has 2 N–H and O–H groups in total. The molecule has 0 bridgehead atoms. The highest BCUT2D eigenvalue weighted by Gasteiger charge is 2.05. The molecular weight excluding hydrogens is 318 g/mol. The Labute approximate surface area is 143 Å². The maximum absolute atomic E-state index is 4.01. The number of tetrazole rings is 1. The lowest BCUT2D eigenvalue weighted by Crippen LogP contribution is -1.97. The van der Waals surface area contributed by atoms with E-state index in [2.05, 4.69) is 62.3 Å². The number of aromatic nitrogens is 4. The molecule has 0 saturated heterocycles. The Kier molecular flexibility index (Phi) is 4.04. The van der Waals surface area contributed by atoms with E-state index in [1.807, 2.05) is 30.3 Å². The van der Waals surface area contributed by atoms with E-state index in [0.29, 0.717) is 5.82 Å². The number of benzene rings is 2. The highest BCUT2D eigenvalue weighted by Crippen LogP contribution is 2.28. The van der Waals surface area contributed by atoms with E-state index < -0.39 is 0 Å². The van der Waals surface area contributed by atoms with E-state index in [-0.39, 0.29) is 0 Å². The third-order valence-corrected chi connectivity index (χ3v) is 4.79. The second kappa shape index (κ2) is 6.64. The number of H-pyrrole nitrogens is 1. The first kappa shape index (κ1) is 14.6. The molecule has 0 fully saturated rings. The Morgan fingerprint density at radius 1 is 0.917 bits per heavy atom. The molecule has 6 heteroatoms. The van der Waals surface area contributed by atoms with E-state index in [1.54, 1.807) is 11.3 Å². The van der Waals surface area contributed by atoms with Gasteiger partial charge in [-0.25, -0.2) is 0 Å². The number of hydrogen-bond donors (Lipinski definition) is 2. The molecule has 118 valence electrons. The van der Waals surface area contributed by atoms with E-state index in [4.69, 9.17) is 0 Å². The summed E-state index contributed by atoms with van der Waals surface area (Å²) in [7, 11) is 0. The molecule has 0 spiro atoms. The molecule has 4 rings (SSSR count). The first-order valence-corrected chi connectivity index (χ1v) is 8.42. The first-order valence-electron chi connectivity index (χ1n) is 7.60. The molecule has 24 heavy (non-hydrogen) atoms. The number of aromatic amines is 1. The van der Waals surface area contributed by atoms with Crippen LogP contribution in [0.2, 0.25) is 0 Å². The number of anilines is 1. The lowest BCUT2D eigenvalue weighted by molar-refractivity contribution is 0.881. The minimum atomic E-state index is 0.598. The molecular formula is C18H15N5S. The van der Waals surface area contributed by atoms with Crippen molar-refractivity contribution in [2.45, 2.75) is 6.54 Å². The van der Waals surface area contributed by atoms with Gasteiger partial charge in [-0.05, 0) is 35.0 Å². The van der Waals surface area contributed by atoms with Crippen molar-refractivity contribution in [3.63, 3.8) is 0 Å². The second-order valence-electron chi connectivity index (χ2n) is 5.30. The predicted molar refractivity (Wildman–Crippen MR) is 96.7 cm³/mol. The van der Waals surface area contributed by atoms with Crippen LogP contribution in [0.3, 0.4) is 0 Å². The molecule has 0 aliphatic rings. The summed E-state index contributed by atoms with van der Waals surface area (Å²) in [4.78, 5) is 2.58. The molecule has 0 aliphatic heterocycles. The highest BCUT2D eigenvalue weighted by atomic mass is 32.1. The minimum Gasteiger partial charge on any atom is -0.380 e. The van der Waals surface area contributed by atoms with Gasteiger partial charge in [-0.15, -0.1) is 21.5 Å². The lowest BCUT2D eigenvalue weighted by Gasteiger charge is -2.05. The average molecular weight is 333 g/mol. The molecule has 2 aromatic carbocycles. The van der Waals surface area contributed by atoms with E-state index in [1.165, 1.54) is 15.3 Å². The van der Waals surface area contributed by atoms with Crippen LogP contribution in [-0.4, -0.2) is 20.6 Å². The largest absolute Gasteiger partial charge is 0.380 e. The van der Waals surface area contributed by atoms with Crippen molar-refractivity contribution in [1.82, 2.24) is 20.6 Å². The molecule has 0 saturated carbocycles. The van der Waals surface area contributed by atoms with Crippen LogP contribution in [0.1, 0.15) is 4.88 Å². The van der Waals surface area contributed by atoms with Gasteiger partial charge in [0, 0.05) is 27.5 Å². The summed E-state index contributed by atoms with van der Waals surface area (Å²) in [6, 6.07) is 22.8. The van der Waals surface area contributed by atoms with Crippen molar-refractivity contribution in [3.05, 3.63) is 71.6 Å². The van der Waals surface area contributed by atoms with Gasteiger partial charge >= 0.3 is 0 Å². The SMILES string of the molecule is c1ccc(-c2ccc(CNc3cccc(-c4nn[nH]n4)c3)s2)cc1. The van der Waals surface area contributed by atoms with E-state index in [0.717, 1.165) is 17.8 Å². The Morgan fingerprint density at radius 2 is 1.79 bits per heavy atom. The fraction of sp³-hybridized carbons (Fsp3) is 0.0556. The van der Waals surface area contributed by atoms with Crippen LogP contribution in [0.15, 0.2) is 66.7 Å². The van der Waals surface area contributed by atoms with Crippen LogP contribution in [0.5, 0.6) is 0 Å². The molecule has 2 heterocycles. The van der Waals surface area contributed by atoms with Gasteiger partial charge in [0.15, 0.2) is 0 Å². The van der Waals surface area contributed by atoms with Crippen molar-refractivity contribution in [1.29, 1.82) is 0 Å². The summed E-state index contributed by atoms with van der Waals surface area (Å²) in [5, 5.41) is 17.5.